The molecular weight excluding hydrogens is 400 g/mol. The highest BCUT2D eigenvalue weighted by atomic mass is 16.6. The third-order valence-corrected chi connectivity index (χ3v) is 5.21. The lowest BCUT2D eigenvalue weighted by atomic mass is 9.87. The van der Waals surface area contributed by atoms with E-state index in [2.05, 4.69) is 16.4 Å². The Bertz CT molecular complexity index is 1000. The Morgan fingerprint density at radius 2 is 2.00 bits per heavy atom. The zero-order valence-corrected chi connectivity index (χ0v) is 18.1. The number of carbonyl (C=O) groups is 3. The Kier molecular flexibility index (Phi) is 6.89. The molecule has 0 aliphatic heterocycles. The molecule has 0 spiro atoms. The first-order valence-electron chi connectivity index (χ1n) is 10.1. The lowest BCUT2D eigenvalue weighted by molar-refractivity contribution is -0.151. The van der Waals surface area contributed by atoms with Crippen LogP contribution in [-0.2, 0) is 27.2 Å². The largest absolute Gasteiger partial charge is 0.493 e. The topological polar surface area (TPSA) is 104 Å². The van der Waals surface area contributed by atoms with Gasteiger partial charge >= 0.3 is 11.9 Å². The maximum atomic E-state index is 12.7. The fraction of sp³-hybridized carbons (Fsp3) is 0.391. The molecule has 1 aromatic carbocycles. The number of pyridine rings is 1. The van der Waals surface area contributed by atoms with Crippen LogP contribution in [0.5, 0.6) is 11.5 Å². The number of nitrogens with zero attached hydrogens (tertiary/aromatic N) is 1. The van der Waals surface area contributed by atoms with Crippen LogP contribution in [0.1, 0.15) is 47.4 Å². The second kappa shape index (κ2) is 9.59. The molecule has 164 valence electrons. The fourth-order valence-electron chi connectivity index (χ4n) is 3.62. The molecule has 1 amide bonds. The second-order valence-corrected chi connectivity index (χ2v) is 7.49. The average molecular weight is 426 g/mol. The summed E-state index contributed by atoms with van der Waals surface area (Å²) in [7, 11) is 1.38. The number of carbonyl (C=O) groups excluding carboxylic acids is 3. The molecule has 0 saturated heterocycles. The highest BCUT2D eigenvalue weighted by Gasteiger charge is 2.28. The van der Waals surface area contributed by atoms with Crippen LogP contribution in [-0.4, -0.2) is 42.1 Å². The maximum Gasteiger partial charge on any atom is 0.328 e. The Balaban J connectivity index is 1.66. The van der Waals surface area contributed by atoms with E-state index in [1.54, 1.807) is 0 Å². The van der Waals surface area contributed by atoms with Crippen LogP contribution in [0.2, 0.25) is 0 Å². The predicted octanol–water partition coefficient (Wildman–Crippen LogP) is 2.54. The number of fused-ring (bicyclic) bond motifs is 1. The van der Waals surface area contributed by atoms with Gasteiger partial charge < -0.3 is 19.5 Å². The highest BCUT2D eigenvalue weighted by Crippen LogP contribution is 2.30. The van der Waals surface area contributed by atoms with Crippen LogP contribution in [0.3, 0.4) is 0 Å². The van der Waals surface area contributed by atoms with Gasteiger partial charge in [-0.05, 0) is 43.4 Å². The number of amides is 1. The summed E-state index contributed by atoms with van der Waals surface area (Å²) in [6.07, 6.45) is 3.34. The van der Waals surface area contributed by atoms with Gasteiger partial charge in [-0.3, -0.25) is 9.59 Å². The minimum Gasteiger partial charge on any atom is -0.493 e. The van der Waals surface area contributed by atoms with Gasteiger partial charge in [-0.2, -0.15) is 0 Å². The summed E-state index contributed by atoms with van der Waals surface area (Å²) in [5.74, 6) is -1.76. The Hall–Kier alpha value is -3.42. The van der Waals surface area contributed by atoms with Crippen molar-refractivity contribution in [2.45, 2.75) is 52.2 Å². The van der Waals surface area contributed by atoms with Gasteiger partial charge in [0.1, 0.15) is 12.1 Å². The molecule has 31 heavy (non-hydrogen) atoms. The van der Waals surface area contributed by atoms with Crippen LogP contribution >= 0.6 is 0 Å². The standard InChI is InChI=1S/C23H26N2O6/c1-13-6-5-7-16-8-9-17(12-18(13)16)31-23(28)14(2)25-22(27)20-21(30-15(3)26)19(29-4)10-11-24-20/h5-7,10-11,14,17H,8-9,12H2,1-4H3,(H,25,27)/t14-,17?/m0/s1. The van der Waals surface area contributed by atoms with Crippen molar-refractivity contribution in [3.63, 3.8) is 0 Å². The van der Waals surface area contributed by atoms with E-state index in [0.29, 0.717) is 6.42 Å². The van der Waals surface area contributed by atoms with Crippen LogP contribution in [0.15, 0.2) is 30.5 Å². The van der Waals surface area contributed by atoms with E-state index in [1.165, 1.54) is 49.9 Å². The van der Waals surface area contributed by atoms with E-state index in [-0.39, 0.29) is 23.3 Å². The average Bonchev–Trinajstić information content (AvgIpc) is 2.74. The van der Waals surface area contributed by atoms with Crippen molar-refractivity contribution in [1.29, 1.82) is 0 Å². The van der Waals surface area contributed by atoms with Crippen molar-refractivity contribution in [3.8, 4) is 11.5 Å². The molecule has 8 heteroatoms. The fourth-order valence-corrected chi connectivity index (χ4v) is 3.62. The molecule has 0 radical (unpaired) electrons. The molecule has 0 bridgehead atoms. The van der Waals surface area contributed by atoms with Crippen LogP contribution in [0.4, 0.5) is 0 Å². The van der Waals surface area contributed by atoms with Crippen molar-refractivity contribution in [1.82, 2.24) is 10.3 Å². The van der Waals surface area contributed by atoms with Crippen molar-refractivity contribution in [2.75, 3.05) is 7.11 Å². The zero-order valence-electron chi connectivity index (χ0n) is 18.1. The molecule has 2 atom stereocenters. The first-order chi connectivity index (χ1) is 14.8. The molecule has 3 rings (SSSR count). The van der Waals surface area contributed by atoms with Crippen LogP contribution < -0.4 is 14.8 Å². The van der Waals surface area contributed by atoms with E-state index in [9.17, 15) is 14.4 Å². The van der Waals surface area contributed by atoms with Crippen molar-refractivity contribution >= 4 is 17.8 Å². The maximum absolute atomic E-state index is 12.7. The van der Waals surface area contributed by atoms with Gasteiger partial charge in [0.2, 0.25) is 5.75 Å². The Morgan fingerprint density at radius 3 is 2.71 bits per heavy atom. The molecule has 0 saturated carbocycles. The molecule has 1 heterocycles. The van der Waals surface area contributed by atoms with Gasteiger partial charge in [-0.1, -0.05) is 18.2 Å². The number of hydrogen-bond acceptors (Lipinski definition) is 7. The molecular formula is C23H26N2O6. The molecule has 1 N–H and O–H groups in total. The minimum absolute atomic E-state index is 0.102. The van der Waals surface area contributed by atoms with Crippen molar-refractivity contribution in [3.05, 3.63) is 52.8 Å². The van der Waals surface area contributed by atoms with E-state index in [1.807, 2.05) is 19.1 Å². The predicted molar refractivity (Wildman–Crippen MR) is 112 cm³/mol. The number of esters is 2. The van der Waals surface area contributed by atoms with Gasteiger partial charge in [0.15, 0.2) is 11.4 Å². The van der Waals surface area contributed by atoms with Crippen LogP contribution in [0, 0.1) is 6.92 Å². The number of nitrogens with one attached hydrogen (secondary N) is 1. The van der Waals surface area contributed by atoms with Crippen LogP contribution in [0.25, 0.3) is 0 Å². The van der Waals surface area contributed by atoms with E-state index >= 15 is 0 Å². The van der Waals surface area contributed by atoms with Gasteiger partial charge in [0.05, 0.1) is 7.11 Å². The number of ether oxygens (including phenoxy) is 3. The van der Waals surface area contributed by atoms with Gasteiger partial charge in [-0.15, -0.1) is 0 Å². The summed E-state index contributed by atoms with van der Waals surface area (Å²) in [4.78, 5) is 40.7. The summed E-state index contributed by atoms with van der Waals surface area (Å²) < 4.78 is 15.9. The second-order valence-electron chi connectivity index (χ2n) is 7.49. The van der Waals surface area contributed by atoms with Gasteiger partial charge in [0, 0.05) is 25.6 Å². The number of aromatic nitrogens is 1. The third-order valence-electron chi connectivity index (χ3n) is 5.21. The quantitative estimate of drug-likeness (QED) is 0.708. The summed E-state index contributed by atoms with van der Waals surface area (Å²) in [5.41, 5.74) is 3.53. The molecule has 1 aromatic heterocycles. The SMILES string of the molecule is COc1ccnc(C(=O)N[C@@H](C)C(=O)OC2CCc3cccc(C)c3C2)c1OC(C)=O. The molecule has 1 aliphatic rings. The number of rotatable bonds is 6. The minimum atomic E-state index is -0.913. The summed E-state index contributed by atoms with van der Waals surface area (Å²) >= 11 is 0. The van der Waals surface area contributed by atoms with E-state index in [0.717, 1.165) is 12.8 Å². The molecule has 1 aliphatic carbocycles. The number of hydrogen-bond donors (Lipinski definition) is 1. The number of benzene rings is 1. The summed E-state index contributed by atoms with van der Waals surface area (Å²) in [5, 5.41) is 2.56. The third kappa shape index (κ3) is 5.20. The van der Waals surface area contributed by atoms with Gasteiger partial charge in [-0.25, -0.2) is 9.78 Å². The Labute approximate surface area is 180 Å². The lowest BCUT2D eigenvalue weighted by Gasteiger charge is -2.27. The highest BCUT2D eigenvalue weighted by molar-refractivity contribution is 5.98. The molecule has 8 nitrogen and oxygen atoms in total. The smallest absolute Gasteiger partial charge is 0.328 e. The molecule has 1 unspecified atom stereocenters. The first kappa shape index (κ1) is 22.3. The van der Waals surface area contributed by atoms with E-state index in [4.69, 9.17) is 14.2 Å². The summed E-state index contributed by atoms with van der Waals surface area (Å²) in [6.45, 7) is 4.79. The Morgan fingerprint density at radius 1 is 1.23 bits per heavy atom. The van der Waals surface area contributed by atoms with Gasteiger partial charge in [0.25, 0.3) is 5.91 Å². The monoisotopic (exact) mass is 426 g/mol. The number of methoxy groups -OCH3 is 1. The molecule has 0 fully saturated rings. The number of aryl methyl sites for hydroxylation is 2. The van der Waals surface area contributed by atoms with Crippen molar-refractivity contribution in [2.24, 2.45) is 0 Å². The zero-order chi connectivity index (χ0) is 22.5. The lowest BCUT2D eigenvalue weighted by Crippen LogP contribution is -2.42. The normalized spacial score (nSPS) is 15.9. The summed E-state index contributed by atoms with van der Waals surface area (Å²) in [6, 6.07) is 6.74. The first-order valence-corrected chi connectivity index (χ1v) is 10.1. The molecule has 2 aromatic rings. The van der Waals surface area contributed by atoms with E-state index < -0.39 is 23.9 Å². The van der Waals surface area contributed by atoms with Crippen molar-refractivity contribution < 1.29 is 28.6 Å².